The molecule has 2 amide bonds. The largest absolute Gasteiger partial charge is 0.431 e. The van der Waals surface area contributed by atoms with Gasteiger partial charge in [0.1, 0.15) is 6.26 Å². The molecule has 0 saturated heterocycles. The number of hydrogen-bond acceptors (Lipinski definition) is 5. The molecule has 0 atom stereocenters. The Morgan fingerprint density at radius 2 is 1.74 bits per heavy atom. The summed E-state index contributed by atoms with van der Waals surface area (Å²) in [6.45, 7) is 1.42. The fourth-order valence-electron chi connectivity index (χ4n) is 1.43. The van der Waals surface area contributed by atoms with Gasteiger partial charge in [-0.3, -0.25) is 9.59 Å². The van der Waals surface area contributed by atoms with Crippen LogP contribution in [0.4, 0.5) is 17.4 Å². The fraction of sp³-hybridized carbons (Fsp3) is 0.0833. The van der Waals surface area contributed by atoms with Crippen LogP contribution in [-0.2, 0) is 4.79 Å². The average molecular weight is 260 g/mol. The summed E-state index contributed by atoms with van der Waals surface area (Å²) in [6.07, 6.45) is 1.18. The number of nitrogen functional groups attached to an aromatic ring is 1. The number of carbonyl (C=O) groups excluding carboxylic acids is 2. The van der Waals surface area contributed by atoms with Gasteiger partial charge in [-0.2, -0.15) is 4.98 Å². The van der Waals surface area contributed by atoms with E-state index in [2.05, 4.69) is 15.6 Å². The zero-order valence-corrected chi connectivity index (χ0v) is 10.1. The number of oxazole rings is 1. The summed E-state index contributed by atoms with van der Waals surface area (Å²) in [5.41, 5.74) is 6.60. The van der Waals surface area contributed by atoms with E-state index in [1.54, 1.807) is 24.3 Å². The molecule has 1 aromatic heterocycles. The van der Waals surface area contributed by atoms with Crippen molar-refractivity contribution in [1.29, 1.82) is 0 Å². The van der Waals surface area contributed by atoms with Crippen LogP contribution in [0.1, 0.15) is 17.4 Å². The van der Waals surface area contributed by atoms with Crippen LogP contribution in [-0.4, -0.2) is 16.8 Å². The Kier molecular flexibility index (Phi) is 3.46. The van der Waals surface area contributed by atoms with Crippen LogP contribution in [0.3, 0.4) is 0 Å². The number of nitrogens with one attached hydrogen (secondary N) is 2. The number of nitrogens with two attached hydrogens (primary N) is 1. The zero-order chi connectivity index (χ0) is 13.8. The first kappa shape index (κ1) is 12.6. The molecule has 0 saturated carbocycles. The molecule has 0 unspecified atom stereocenters. The zero-order valence-electron chi connectivity index (χ0n) is 10.1. The summed E-state index contributed by atoms with van der Waals surface area (Å²) >= 11 is 0. The van der Waals surface area contributed by atoms with Crippen molar-refractivity contribution < 1.29 is 14.0 Å². The summed E-state index contributed by atoms with van der Waals surface area (Å²) < 4.78 is 4.74. The lowest BCUT2D eigenvalue weighted by Gasteiger charge is -2.05. The van der Waals surface area contributed by atoms with E-state index in [1.165, 1.54) is 13.2 Å². The Morgan fingerprint density at radius 1 is 1.16 bits per heavy atom. The quantitative estimate of drug-likeness (QED) is 0.773. The molecule has 0 aliphatic rings. The smallest absolute Gasteiger partial charge is 0.292 e. The Hall–Kier alpha value is -2.83. The van der Waals surface area contributed by atoms with Crippen LogP contribution >= 0.6 is 0 Å². The molecule has 1 aromatic carbocycles. The monoisotopic (exact) mass is 260 g/mol. The number of carbonyl (C=O) groups is 2. The number of benzene rings is 1. The second-order valence-corrected chi connectivity index (χ2v) is 3.78. The molecule has 1 heterocycles. The molecule has 98 valence electrons. The molecule has 7 heteroatoms. The maximum atomic E-state index is 11.7. The van der Waals surface area contributed by atoms with Crippen LogP contribution in [0, 0.1) is 0 Å². The normalized spacial score (nSPS) is 9.95. The third-order valence-corrected chi connectivity index (χ3v) is 2.22. The minimum Gasteiger partial charge on any atom is -0.431 e. The van der Waals surface area contributed by atoms with Crippen LogP contribution in [0.25, 0.3) is 0 Å². The highest BCUT2D eigenvalue weighted by Crippen LogP contribution is 2.14. The first-order chi connectivity index (χ1) is 9.04. The van der Waals surface area contributed by atoms with E-state index in [-0.39, 0.29) is 17.6 Å². The van der Waals surface area contributed by atoms with Gasteiger partial charge in [-0.05, 0) is 24.3 Å². The minimum absolute atomic E-state index is 0.0637. The molecule has 7 nitrogen and oxygen atoms in total. The van der Waals surface area contributed by atoms with Gasteiger partial charge in [0.15, 0.2) is 5.69 Å². The van der Waals surface area contributed by atoms with Gasteiger partial charge in [0.2, 0.25) is 5.91 Å². The highest BCUT2D eigenvalue weighted by atomic mass is 16.4. The number of anilines is 3. The second kappa shape index (κ2) is 5.21. The lowest BCUT2D eigenvalue weighted by Crippen LogP contribution is -2.12. The Bertz CT molecular complexity index is 604. The number of amides is 2. The molecule has 0 radical (unpaired) electrons. The van der Waals surface area contributed by atoms with Gasteiger partial charge in [0, 0.05) is 18.3 Å². The molecular weight excluding hydrogens is 248 g/mol. The maximum Gasteiger partial charge on any atom is 0.292 e. The summed E-state index contributed by atoms with van der Waals surface area (Å²) in [5.74, 6) is -0.581. The van der Waals surface area contributed by atoms with Gasteiger partial charge < -0.3 is 20.8 Å². The minimum atomic E-state index is -0.423. The van der Waals surface area contributed by atoms with Crippen molar-refractivity contribution >= 4 is 29.2 Å². The summed E-state index contributed by atoms with van der Waals surface area (Å²) in [7, 11) is 0. The van der Waals surface area contributed by atoms with Crippen LogP contribution in [0.15, 0.2) is 34.9 Å². The van der Waals surface area contributed by atoms with Gasteiger partial charge in [0.05, 0.1) is 0 Å². The predicted molar refractivity (Wildman–Crippen MR) is 69.6 cm³/mol. The van der Waals surface area contributed by atoms with E-state index in [4.69, 9.17) is 10.2 Å². The van der Waals surface area contributed by atoms with E-state index < -0.39 is 5.91 Å². The molecule has 0 spiro atoms. The van der Waals surface area contributed by atoms with Crippen molar-refractivity contribution in [2.45, 2.75) is 6.92 Å². The summed E-state index contributed by atoms with van der Waals surface area (Å²) in [6, 6.07) is 6.60. The topological polar surface area (TPSA) is 110 Å². The van der Waals surface area contributed by atoms with Crippen molar-refractivity contribution in [2.24, 2.45) is 0 Å². The van der Waals surface area contributed by atoms with Gasteiger partial charge in [-0.15, -0.1) is 0 Å². The molecule has 0 aliphatic heterocycles. The van der Waals surface area contributed by atoms with E-state index in [0.29, 0.717) is 11.4 Å². The van der Waals surface area contributed by atoms with Crippen molar-refractivity contribution in [3.8, 4) is 0 Å². The van der Waals surface area contributed by atoms with Gasteiger partial charge in [-0.1, -0.05) is 0 Å². The Labute approximate surface area is 108 Å². The first-order valence-corrected chi connectivity index (χ1v) is 5.44. The summed E-state index contributed by atoms with van der Waals surface area (Å²) in [5, 5.41) is 5.25. The van der Waals surface area contributed by atoms with Crippen molar-refractivity contribution in [1.82, 2.24) is 4.98 Å². The second-order valence-electron chi connectivity index (χ2n) is 3.78. The molecule has 2 rings (SSSR count). The van der Waals surface area contributed by atoms with Crippen molar-refractivity contribution in [3.05, 3.63) is 36.2 Å². The van der Waals surface area contributed by atoms with Gasteiger partial charge >= 0.3 is 0 Å². The Morgan fingerprint density at radius 3 is 2.21 bits per heavy atom. The highest BCUT2D eigenvalue weighted by Gasteiger charge is 2.10. The van der Waals surface area contributed by atoms with Crippen molar-refractivity contribution in [3.63, 3.8) is 0 Å². The first-order valence-electron chi connectivity index (χ1n) is 5.44. The molecule has 19 heavy (non-hydrogen) atoms. The van der Waals surface area contributed by atoms with Crippen LogP contribution in [0.5, 0.6) is 0 Å². The third kappa shape index (κ3) is 3.32. The van der Waals surface area contributed by atoms with E-state index in [0.717, 1.165) is 0 Å². The fourth-order valence-corrected chi connectivity index (χ4v) is 1.43. The lowest BCUT2D eigenvalue weighted by atomic mass is 10.2. The van der Waals surface area contributed by atoms with Crippen molar-refractivity contribution in [2.75, 3.05) is 16.4 Å². The standard InChI is InChI=1S/C12H12N4O3/c1-7(17)14-8-2-4-9(5-3-8)15-11(18)10-6-19-12(13)16-10/h2-6H,1H3,(H2,13,16)(H,14,17)(H,15,18). The molecule has 4 N–H and O–H groups in total. The van der Waals surface area contributed by atoms with Crippen LogP contribution < -0.4 is 16.4 Å². The number of hydrogen-bond donors (Lipinski definition) is 3. The summed E-state index contributed by atoms with van der Waals surface area (Å²) in [4.78, 5) is 26.3. The molecule has 0 fully saturated rings. The van der Waals surface area contributed by atoms with Gasteiger partial charge in [0.25, 0.3) is 11.9 Å². The highest BCUT2D eigenvalue weighted by molar-refractivity contribution is 6.03. The molecule has 0 bridgehead atoms. The SMILES string of the molecule is CC(=O)Nc1ccc(NC(=O)c2coc(N)n2)cc1. The molecular formula is C12H12N4O3. The van der Waals surface area contributed by atoms with E-state index in [9.17, 15) is 9.59 Å². The number of nitrogens with zero attached hydrogens (tertiary/aromatic N) is 1. The molecule has 0 aliphatic carbocycles. The number of aromatic nitrogens is 1. The maximum absolute atomic E-state index is 11.7. The molecule has 2 aromatic rings. The average Bonchev–Trinajstić information content (AvgIpc) is 2.78. The van der Waals surface area contributed by atoms with E-state index >= 15 is 0 Å². The van der Waals surface area contributed by atoms with E-state index in [1.807, 2.05) is 0 Å². The van der Waals surface area contributed by atoms with Gasteiger partial charge in [-0.25, -0.2) is 0 Å². The Balaban J connectivity index is 2.03. The van der Waals surface area contributed by atoms with Crippen LogP contribution in [0.2, 0.25) is 0 Å². The number of rotatable bonds is 3. The predicted octanol–water partition coefficient (Wildman–Crippen LogP) is 1.47. The third-order valence-electron chi connectivity index (χ3n) is 2.22. The lowest BCUT2D eigenvalue weighted by molar-refractivity contribution is -0.114.